The van der Waals surface area contributed by atoms with Crippen LogP contribution in [-0.4, -0.2) is 19.7 Å². The van der Waals surface area contributed by atoms with Gasteiger partial charge in [-0.15, -0.1) is 0 Å². The predicted molar refractivity (Wildman–Crippen MR) is 44.1 cm³/mol. The molecule has 0 rings (SSSR count). The Morgan fingerprint density at radius 2 is 2.27 bits per heavy atom. The van der Waals surface area contributed by atoms with Crippen molar-refractivity contribution in [1.29, 1.82) is 0 Å². The fourth-order valence-corrected chi connectivity index (χ4v) is 0.644. The number of carbonyl (C=O) groups is 1. The Balaban J connectivity index is 3.56. The number of nitrogens with one attached hydrogen (secondary N) is 1. The molecule has 0 atom stereocenters. The van der Waals surface area contributed by atoms with Gasteiger partial charge in [0.1, 0.15) is 6.73 Å². The summed E-state index contributed by atoms with van der Waals surface area (Å²) in [5.41, 5.74) is 0.544. The van der Waals surface area contributed by atoms with Crippen LogP contribution in [0, 0.1) is 0 Å². The molecule has 3 heteroatoms. The van der Waals surface area contributed by atoms with Crippen LogP contribution in [-0.2, 0) is 9.53 Å². The first-order valence-electron chi connectivity index (χ1n) is 3.71. The number of ether oxygens (including phenoxy) is 1. The number of esters is 1. The number of rotatable bonds is 5. The van der Waals surface area contributed by atoms with Gasteiger partial charge in [-0.25, -0.2) is 4.79 Å². The van der Waals surface area contributed by atoms with Crippen LogP contribution in [0.25, 0.3) is 0 Å². The summed E-state index contributed by atoms with van der Waals surface area (Å²) in [7, 11) is 1.72. The first kappa shape index (κ1) is 10.2. The van der Waals surface area contributed by atoms with Crippen molar-refractivity contribution in [1.82, 2.24) is 5.32 Å². The molecule has 3 nitrogen and oxygen atoms in total. The van der Waals surface area contributed by atoms with Crippen LogP contribution in [0.15, 0.2) is 12.2 Å². The number of carbonyl (C=O) groups excluding carboxylic acids is 1. The standard InChI is InChI=1S/C8H15NO2/c1-4-5-7(2)8(10)11-6-9-3/h9H,2,4-6H2,1,3H3. The van der Waals surface area contributed by atoms with E-state index in [4.69, 9.17) is 4.74 Å². The van der Waals surface area contributed by atoms with Gasteiger partial charge in [-0.2, -0.15) is 0 Å². The van der Waals surface area contributed by atoms with Crippen molar-refractivity contribution >= 4 is 5.97 Å². The fraction of sp³-hybridized carbons (Fsp3) is 0.625. The Hall–Kier alpha value is -0.830. The molecule has 0 fully saturated rings. The van der Waals surface area contributed by atoms with E-state index in [9.17, 15) is 4.79 Å². The van der Waals surface area contributed by atoms with E-state index in [1.54, 1.807) is 7.05 Å². The average Bonchev–Trinajstić information content (AvgIpc) is 2.00. The first-order chi connectivity index (χ1) is 5.22. The largest absolute Gasteiger partial charge is 0.446 e. The molecule has 0 amide bonds. The van der Waals surface area contributed by atoms with E-state index in [1.165, 1.54) is 0 Å². The van der Waals surface area contributed by atoms with E-state index in [0.29, 0.717) is 12.0 Å². The topological polar surface area (TPSA) is 38.3 Å². The minimum atomic E-state index is -0.304. The maximum absolute atomic E-state index is 10.9. The summed E-state index contributed by atoms with van der Waals surface area (Å²) in [6, 6.07) is 0. The molecule has 0 aliphatic carbocycles. The second-order valence-corrected chi connectivity index (χ2v) is 2.28. The molecule has 0 unspecified atom stereocenters. The smallest absolute Gasteiger partial charge is 0.334 e. The lowest BCUT2D eigenvalue weighted by Gasteiger charge is -2.04. The van der Waals surface area contributed by atoms with Gasteiger partial charge in [0.05, 0.1) is 0 Å². The maximum atomic E-state index is 10.9. The van der Waals surface area contributed by atoms with Crippen molar-refractivity contribution in [2.45, 2.75) is 19.8 Å². The molecule has 0 heterocycles. The minimum absolute atomic E-state index is 0.252. The Morgan fingerprint density at radius 1 is 1.64 bits per heavy atom. The number of hydrogen-bond donors (Lipinski definition) is 1. The lowest BCUT2D eigenvalue weighted by molar-refractivity contribution is -0.139. The van der Waals surface area contributed by atoms with Crippen LogP contribution >= 0.6 is 0 Å². The van der Waals surface area contributed by atoms with Gasteiger partial charge in [0, 0.05) is 5.57 Å². The van der Waals surface area contributed by atoms with Crippen LogP contribution in [0.2, 0.25) is 0 Å². The summed E-state index contributed by atoms with van der Waals surface area (Å²) >= 11 is 0. The van der Waals surface area contributed by atoms with E-state index in [2.05, 4.69) is 11.9 Å². The van der Waals surface area contributed by atoms with Gasteiger partial charge in [-0.05, 0) is 13.5 Å². The molecule has 0 spiro atoms. The summed E-state index contributed by atoms with van der Waals surface area (Å²) in [5, 5.41) is 2.71. The zero-order valence-corrected chi connectivity index (χ0v) is 7.14. The lowest BCUT2D eigenvalue weighted by atomic mass is 10.2. The molecule has 0 aliphatic heterocycles. The molecule has 0 bridgehead atoms. The van der Waals surface area contributed by atoms with Gasteiger partial charge in [0.2, 0.25) is 0 Å². The highest BCUT2D eigenvalue weighted by atomic mass is 16.5. The van der Waals surface area contributed by atoms with Crippen LogP contribution in [0.5, 0.6) is 0 Å². The van der Waals surface area contributed by atoms with Gasteiger partial charge < -0.3 is 4.74 Å². The van der Waals surface area contributed by atoms with Crippen molar-refractivity contribution in [2.75, 3.05) is 13.8 Å². The van der Waals surface area contributed by atoms with Crippen molar-refractivity contribution < 1.29 is 9.53 Å². The van der Waals surface area contributed by atoms with Crippen LogP contribution in [0.4, 0.5) is 0 Å². The van der Waals surface area contributed by atoms with Gasteiger partial charge in [0.25, 0.3) is 0 Å². The van der Waals surface area contributed by atoms with Crippen LogP contribution in [0.3, 0.4) is 0 Å². The molecule has 0 saturated heterocycles. The van der Waals surface area contributed by atoms with Gasteiger partial charge in [0.15, 0.2) is 0 Å². The van der Waals surface area contributed by atoms with Gasteiger partial charge in [-0.1, -0.05) is 19.9 Å². The van der Waals surface area contributed by atoms with Crippen molar-refractivity contribution in [3.63, 3.8) is 0 Å². The Bertz CT molecular complexity index is 143. The molecule has 0 aliphatic rings. The molecule has 0 saturated carbocycles. The molecule has 11 heavy (non-hydrogen) atoms. The molecular formula is C8H15NO2. The monoisotopic (exact) mass is 157 g/mol. The van der Waals surface area contributed by atoms with Gasteiger partial charge in [-0.3, -0.25) is 5.32 Å². The van der Waals surface area contributed by atoms with E-state index >= 15 is 0 Å². The molecule has 1 N–H and O–H groups in total. The summed E-state index contributed by atoms with van der Waals surface area (Å²) in [5.74, 6) is -0.304. The van der Waals surface area contributed by atoms with E-state index < -0.39 is 0 Å². The second-order valence-electron chi connectivity index (χ2n) is 2.28. The van der Waals surface area contributed by atoms with Crippen LogP contribution in [0.1, 0.15) is 19.8 Å². The van der Waals surface area contributed by atoms with Crippen molar-refractivity contribution in [3.8, 4) is 0 Å². The Labute approximate surface area is 67.4 Å². The first-order valence-corrected chi connectivity index (χ1v) is 3.71. The molecule has 0 radical (unpaired) electrons. The molecular weight excluding hydrogens is 142 g/mol. The highest BCUT2D eigenvalue weighted by Gasteiger charge is 2.05. The van der Waals surface area contributed by atoms with Crippen molar-refractivity contribution in [3.05, 3.63) is 12.2 Å². The maximum Gasteiger partial charge on any atom is 0.334 e. The van der Waals surface area contributed by atoms with E-state index in [1.807, 2.05) is 6.92 Å². The molecule has 64 valence electrons. The SMILES string of the molecule is C=C(CCC)C(=O)OCNC. The normalized spacial score (nSPS) is 9.27. The zero-order valence-electron chi connectivity index (χ0n) is 7.14. The minimum Gasteiger partial charge on any atom is -0.446 e. The zero-order chi connectivity index (χ0) is 8.69. The predicted octanol–water partition coefficient (Wildman–Crippen LogP) is 1.06. The molecule has 0 aromatic heterocycles. The van der Waals surface area contributed by atoms with Gasteiger partial charge >= 0.3 is 5.97 Å². The summed E-state index contributed by atoms with van der Waals surface area (Å²) < 4.78 is 4.76. The Morgan fingerprint density at radius 3 is 2.73 bits per heavy atom. The average molecular weight is 157 g/mol. The summed E-state index contributed by atoms with van der Waals surface area (Å²) in [6.07, 6.45) is 1.63. The van der Waals surface area contributed by atoms with E-state index in [-0.39, 0.29) is 12.7 Å². The third kappa shape index (κ3) is 4.56. The highest BCUT2D eigenvalue weighted by Crippen LogP contribution is 2.02. The molecule has 0 aromatic rings. The van der Waals surface area contributed by atoms with Crippen molar-refractivity contribution in [2.24, 2.45) is 0 Å². The van der Waals surface area contributed by atoms with Crippen LogP contribution < -0.4 is 5.32 Å². The third-order valence-electron chi connectivity index (χ3n) is 1.19. The third-order valence-corrected chi connectivity index (χ3v) is 1.19. The lowest BCUT2D eigenvalue weighted by Crippen LogP contribution is -2.17. The second kappa shape index (κ2) is 5.92. The summed E-state index contributed by atoms with van der Waals surface area (Å²) in [6.45, 7) is 5.84. The fourth-order valence-electron chi connectivity index (χ4n) is 0.644. The quantitative estimate of drug-likeness (QED) is 0.368. The Kier molecular flexibility index (Phi) is 5.47. The molecule has 0 aromatic carbocycles. The highest BCUT2D eigenvalue weighted by molar-refractivity contribution is 5.87. The summed E-state index contributed by atoms with van der Waals surface area (Å²) in [4.78, 5) is 10.9. The van der Waals surface area contributed by atoms with E-state index in [0.717, 1.165) is 6.42 Å². The number of hydrogen-bond acceptors (Lipinski definition) is 3.